The Bertz CT molecular complexity index is 716. The molecule has 1 saturated carbocycles. The molecule has 0 bridgehead atoms. The number of benzene rings is 2. The quantitative estimate of drug-likeness (QED) is 0.608. The molecular weight excluding hydrogens is 325 g/mol. The van der Waals surface area contributed by atoms with Crippen LogP contribution in [0.2, 0.25) is 0 Å². The van der Waals surface area contributed by atoms with E-state index in [9.17, 15) is 13.2 Å². The molecular formula is C21H23F3O. The highest BCUT2D eigenvalue weighted by Gasteiger charge is 2.35. The fourth-order valence-electron chi connectivity index (χ4n) is 3.39. The summed E-state index contributed by atoms with van der Waals surface area (Å²) in [5.41, 5.74) is 1.45. The van der Waals surface area contributed by atoms with E-state index in [1.54, 1.807) is 18.2 Å². The van der Waals surface area contributed by atoms with E-state index in [0.29, 0.717) is 11.8 Å². The number of aryl methyl sites for hydroxylation is 1. The average molecular weight is 348 g/mol. The third-order valence-electron chi connectivity index (χ3n) is 5.07. The minimum atomic E-state index is -3.57. The summed E-state index contributed by atoms with van der Waals surface area (Å²) < 4.78 is 47.6. The molecule has 0 saturated heterocycles. The van der Waals surface area contributed by atoms with Crippen LogP contribution in [0.5, 0.6) is 5.75 Å². The van der Waals surface area contributed by atoms with Crippen LogP contribution < -0.4 is 4.74 Å². The van der Waals surface area contributed by atoms with Crippen molar-refractivity contribution in [1.29, 1.82) is 0 Å². The summed E-state index contributed by atoms with van der Waals surface area (Å²) >= 11 is 0. The van der Waals surface area contributed by atoms with E-state index in [-0.39, 0.29) is 5.56 Å². The molecule has 0 heterocycles. The van der Waals surface area contributed by atoms with Crippen molar-refractivity contribution in [2.24, 2.45) is 5.92 Å². The molecule has 134 valence electrons. The highest BCUT2D eigenvalue weighted by atomic mass is 19.3. The van der Waals surface area contributed by atoms with E-state index in [4.69, 9.17) is 4.74 Å². The largest absolute Gasteiger partial charge is 0.426 e. The molecule has 2 aromatic carbocycles. The van der Waals surface area contributed by atoms with Crippen molar-refractivity contribution in [1.82, 2.24) is 0 Å². The maximum absolute atomic E-state index is 14.3. The average Bonchev–Trinajstić information content (AvgIpc) is 2.58. The van der Waals surface area contributed by atoms with Gasteiger partial charge in [-0.05, 0) is 61.4 Å². The van der Waals surface area contributed by atoms with Gasteiger partial charge < -0.3 is 4.74 Å². The van der Waals surface area contributed by atoms with Gasteiger partial charge >= 0.3 is 6.11 Å². The third-order valence-corrected chi connectivity index (χ3v) is 5.07. The summed E-state index contributed by atoms with van der Waals surface area (Å²) in [6, 6.07) is 10.1. The minimum Gasteiger partial charge on any atom is -0.426 e. The SMILES string of the molecule is Cc1ccc(C(F)(F)Oc2ccc(C3CCC(C)CC3)cc2F)cc1. The van der Waals surface area contributed by atoms with Gasteiger partial charge in [0.15, 0.2) is 11.6 Å². The van der Waals surface area contributed by atoms with Crippen LogP contribution in [0.4, 0.5) is 13.2 Å². The zero-order chi connectivity index (χ0) is 18.0. The van der Waals surface area contributed by atoms with Crippen molar-refractivity contribution in [2.75, 3.05) is 0 Å². The number of hydrogen-bond acceptors (Lipinski definition) is 1. The van der Waals surface area contributed by atoms with Crippen molar-refractivity contribution >= 4 is 0 Å². The first-order chi connectivity index (χ1) is 11.8. The molecule has 0 unspecified atom stereocenters. The molecule has 1 nitrogen and oxygen atoms in total. The van der Waals surface area contributed by atoms with Crippen molar-refractivity contribution < 1.29 is 17.9 Å². The Hall–Kier alpha value is -1.97. The first kappa shape index (κ1) is 17.8. The predicted octanol–water partition coefficient (Wildman–Crippen LogP) is 6.56. The molecule has 1 aliphatic rings. The Balaban J connectivity index is 1.75. The van der Waals surface area contributed by atoms with E-state index in [1.165, 1.54) is 24.3 Å². The summed E-state index contributed by atoms with van der Waals surface area (Å²) in [6.45, 7) is 4.04. The van der Waals surface area contributed by atoms with Gasteiger partial charge in [-0.2, -0.15) is 8.78 Å². The Morgan fingerprint density at radius 1 is 0.960 bits per heavy atom. The van der Waals surface area contributed by atoms with Crippen molar-refractivity contribution in [3.63, 3.8) is 0 Å². The zero-order valence-corrected chi connectivity index (χ0v) is 14.6. The normalized spacial score (nSPS) is 21.2. The lowest BCUT2D eigenvalue weighted by atomic mass is 9.79. The Morgan fingerprint density at radius 2 is 1.60 bits per heavy atom. The topological polar surface area (TPSA) is 9.23 Å². The Morgan fingerprint density at radius 3 is 2.20 bits per heavy atom. The molecule has 1 fully saturated rings. The molecule has 4 heteroatoms. The van der Waals surface area contributed by atoms with Gasteiger partial charge in [0, 0.05) is 0 Å². The van der Waals surface area contributed by atoms with Crippen LogP contribution in [0.1, 0.15) is 55.2 Å². The van der Waals surface area contributed by atoms with Gasteiger partial charge in [-0.15, -0.1) is 0 Å². The molecule has 0 amide bonds. The standard InChI is InChI=1S/C21H23F3O/c1-14-3-7-16(8-4-14)17-9-12-20(19(22)13-17)25-21(23,24)18-10-5-15(2)6-11-18/h5-6,9-14,16H,3-4,7-8H2,1-2H3. The molecule has 0 aromatic heterocycles. The van der Waals surface area contributed by atoms with E-state index < -0.39 is 17.7 Å². The first-order valence-corrected chi connectivity index (χ1v) is 8.78. The highest BCUT2D eigenvalue weighted by Crippen LogP contribution is 2.38. The van der Waals surface area contributed by atoms with Crippen LogP contribution in [-0.4, -0.2) is 0 Å². The van der Waals surface area contributed by atoms with E-state index in [1.807, 2.05) is 6.92 Å². The van der Waals surface area contributed by atoms with Gasteiger partial charge in [0.25, 0.3) is 0 Å². The third kappa shape index (κ3) is 4.17. The lowest BCUT2D eigenvalue weighted by molar-refractivity contribution is -0.186. The van der Waals surface area contributed by atoms with Gasteiger partial charge in [0.05, 0.1) is 5.56 Å². The molecule has 0 spiro atoms. The number of ether oxygens (including phenoxy) is 1. The van der Waals surface area contributed by atoms with Gasteiger partial charge in [0.1, 0.15) is 0 Å². The second-order valence-electron chi connectivity index (χ2n) is 7.13. The number of alkyl halides is 2. The van der Waals surface area contributed by atoms with Crippen LogP contribution >= 0.6 is 0 Å². The summed E-state index contributed by atoms with van der Waals surface area (Å²) in [7, 11) is 0. The minimum absolute atomic E-state index is 0.289. The van der Waals surface area contributed by atoms with Crippen LogP contribution in [0.25, 0.3) is 0 Å². The van der Waals surface area contributed by atoms with Crippen molar-refractivity contribution in [2.45, 2.75) is 51.6 Å². The lowest BCUT2D eigenvalue weighted by Crippen LogP contribution is -2.22. The molecule has 1 aliphatic carbocycles. The number of rotatable bonds is 4. The molecule has 3 rings (SSSR count). The van der Waals surface area contributed by atoms with Crippen LogP contribution in [0.3, 0.4) is 0 Å². The summed E-state index contributed by atoms with van der Waals surface area (Å²) in [4.78, 5) is 0. The zero-order valence-electron chi connectivity index (χ0n) is 14.6. The molecule has 2 aromatic rings. The second kappa shape index (κ2) is 7.11. The van der Waals surface area contributed by atoms with E-state index in [0.717, 1.165) is 36.8 Å². The van der Waals surface area contributed by atoms with E-state index >= 15 is 0 Å². The van der Waals surface area contributed by atoms with Gasteiger partial charge in [-0.25, -0.2) is 4.39 Å². The maximum Gasteiger partial charge on any atom is 0.426 e. The summed E-state index contributed by atoms with van der Waals surface area (Å²) in [5.74, 6) is -0.143. The monoisotopic (exact) mass is 348 g/mol. The highest BCUT2D eigenvalue weighted by molar-refractivity contribution is 5.33. The molecule has 0 N–H and O–H groups in total. The summed E-state index contributed by atoms with van der Waals surface area (Å²) in [6.07, 6.45) is 0.697. The molecule has 25 heavy (non-hydrogen) atoms. The molecule has 0 radical (unpaired) electrons. The van der Waals surface area contributed by atoms with E-state index in [2.05, 4.69) is 6.92 Å². The fourth-order valence-corrected chi connectivity index (χ4v) is 3.39. The maximum atomic E-state index is 14.3. The first-order valence-electron chi connectivity index (χ1n) is 8.78. The number of halogens is 3. The Kier molecular flexibility index (Phi) is 5.07. The van der Waals surface area contributed by atoms with Crippen LogP contribution in [0.15, 0.2) is 42.5 Å². The van der Waals surface area contributed by atoms with Crippen LogP contribution in [0, 0.1) is 18.7 Å². The fraction of sp³-hybridized carbons (Fsp3) is 0.429. The summed E-state index contributed by atoms with van der Waals surface area (Å²) in [5, 5.41) is 0. The van der Waals surface area contributed by atoms with Crippen molar-refractivity contribution in [3.05, 3.63) is 65.0 Å². The van der Waals surface area contributed by atoms with Gasteiger partial charge in [-0.3, -0.25) is 0 Å². The number of hydrogen-bond donors (Lipinski definition) is 0. The van der Waals surface area contributed by atoms with Gasteiger partial charge in [-0.1, -0.05) is 43.5 Å². The smallest absolute Gasteiger partial charge is 0.426 e. The molecule has 0 aliphatic heterocycles. The second-order valence-corrected chi connectivity index (χ2v) is 7.13. The predicted molar refractivity (Wildman–Crippen MR) is 92.5 cm³/mol. The molecule has 0 atom stereocenters. The Labute approximate surface area is 146 Å². The van der Waals surface area contributed by atoms with Gasteiger partial charge in [0.2, 0.25) is 0 Å². The van der Waals surface area contributed by atoms with Crippen LogP contribution in [-0.2, 0) is 6.11 Å². The van der Waals surface area contributed by atoms with Crippen molar-refractivity contribution in [3.8, 4) is 5.75 Å². The lowest BCUT2D eigenvalue weighted by Gasteiger charge is -2.27.